The van der Waals surface area contributed by atoms with Gasteiger partial charge in [0.05, 0.1) is 6.04 Å². The average molecular weight is 475 g/mol. The van der Waals surface area contributed by atoms with Crippen molar-refractivity contribution in [1.82, 2.24) is 15.1 Å². The first-order chi connectivity index (χ1) is 17.0. The fourth-order valence-corrected chi connectivity index (χ4v) is 3.45. The molecule has 1 unspecified atom stereocenters. The number of benzene rings is 3. The molecule has 9 heteroatoms. The molecule has 0 saturated heterocycles. The fourth-order valence-electron chi connectivity index (χ4n) is 3.45. The molecule has 35 heavy (non-hydrogen) atoms. The number of nitrogens with one attached hydrogen (secondary N) is 1. The Hall–Kier alpha value is -4.53. The van der Waals surface area contributed by atoms with E-state index in [-0.39, 0.29) is 11.9 Å². The second kappa shape index (κ2) is 11.1. The van der Waals surface area contributed by atoms with Gasteiger partial charge in [-0.25, -0.2) is 9.18 Å². The van der Waals surface area contributed by atoms with Gasteiger partial charge < -0.3 is 14.5 Å². The molecule has 0 spiro atoms. The van der Waals surface area contributed by atoms with Gasteiger partial charge in [-0.1, -0.05) is 60.7 Å². The number of carbonyl (C=O) groups is 2. The molecule has 178 valence electrons. The minimum absolute atomic E-state index is 0.0628. The highest BCUT2D eigenvalue weighted by Gasteiger charge is 2.18. The van der Waals surface area contributed by atoms with Crippen LogP contribution in [0.5, 0.6) is 0 Å². The maximum atomic E-state index is 13.1. The van der Waals surface area contributed by atoms with Crippen molar-refractivity contribution in [2.45, 2.75) is 19.0 Å². The van der Waals surface area contributed by atoms with Crippen molar-refractivity contribution < 1.29 is 23.1 Å². The second-order valence-corrected chi connectivity index (χ2v) is 7.72. The van der Waals surface area contributed by atoms with Gasteiger partial charge in [0, 0.05) is 5.56 Å². The molecule has 1 aromatic heterocycles. The monoisotopic (exact) mass is 475 g/mol. The van der Waals surface area contributed by atoms with Crippen LogP contribution in [0.4, 0.5) is 4.39 Å². The number of amides is 1. The lowest BCUT2D eigenvalue weighted by Gasteiger charge is -2.19. The molecule has 3 aromatic carbocycles. The zero-order valence-electron chi connectivity index (χ0n) is 18.6. The minimum atomic E-state index is -0.877. The van der Waals surface area contributed by atoms with Crippen molar-refractivity contribution in [1.29, 1.82) is 0 Å². The Labute approximate surface area is 200 Å². The van der Waals surface area contributed by atoms with E-state index in [0.29, 0.717) is 12.0 Å². The van der Waals surface area contributed by atoms with E-state index in [0.717, 1.165) is 15.8 Å². The first kappa shape index (κ1) is 23.6. The average Bonchev–Trinajstić information content (AvgIpc) is 3.23. The highest BCUT2D eigenvalue weighted by molar-refractivity contribution is 5.80. The summed E-state index contributed by atoms with van der Waals surface area (Å²) in [4.78, 5) is 36.8. The summed E-state index contributed by atoms with van der Waals surface area (Å²) in [6.07, 6.45) is 0.561. The lowest BCUT2D eigenvalue weighted by atomic mass is 9.99. The van der Waals surface area contributed by atoms with Gasteiger partial charge in [-0.2, -0.15) is 4.68 Å². The number of esters is 1. The van der Waals surface area contributed by atoms with Crippen LogP contribution in [-0.4, -0.2) is 28.3 Å². The molecule has 1 amide bonds. The Kier molecular flexibility index (Phi) is 7.47. The zero-order chi connectivity index (χ0) is 24.6. The van der Waals surface area contributed by atoms with E-state index >= 15 is 0 Å². The molecule has 0 bridgehead atoms. The van der Waals surface area contributed by atoms with Crippen molar-refractivity contribution >= 4 is 11.9 Å². The van der Waals surface area contributed by atoms with Crippen LogP contribution in [0, 0.1) is 5.82 Å². The molecule has 0 aliphatic rings. The van der Waals surface area contributed by atoms with Crippen molar-refractivity contribution in [3.8, 4) is 11.5 Å². The summed E-state index contributed by atoms with van der Waals surface area (Å²) >= 11 is 0. The molecule has 8 nitrogen and oxygen atoms in total. The van der Waals surface area contributed by atoms with Crippen LogP contribution in [0.3, 0.4) is 0 Å². The minimum Gasteiger partial charge on any atom is -0.454 e. The quantitative estimate of drug-likeness (QED) is 0.373. The van der Waals surface area contributed by atoms with Crippen molar-refractivity contribution in [3.63, 3.8) is 0 Å². The number of rotatable bonds is 9. The van der Waals surface area contributed by atoms with Crippen molar-refractivity contribution in [2.75, 3.05) is 6.61 Å². The Bertz CT molecular complexity index is 1330. The lowest BCUT2D eigenvalue weighted by Crippen LogP contribution is -2.34. The van der Waals surface area contributed by atoms with Gasteiger partial charge in [0.25, 0.3) is 5.91 Å². The van der Waals surface area contributed by atoms with E-state index in [1.165, 1.54) is 24.3 Å². The highest BCUT2D eigenvalue weighted by atomic mass is 19.1. The molecular weight excluding hydrogens is 453 g/mol. The number of ether oxygens (including phenoxy) is 1. The Morgan fingerprint density at radius 3 is 2.31 bits per heavy atom. The van der Waals surface area contributed by atoms with E-state index in [2.05, 4.69) is 10.4 Å². The third-order valence-electron chi connectivity index (χ3n) is 5.16. The van der Waals surface area contributed by atoms with Gasteiger partial charge in [0.1, 0.15) is 12.4 Å². The number of aromatic nitrogens is 2. The van der Waals surface area contributed by atoms with E-state index < -0.39 is 36.6 Å². The van der Waals surface area contributed by atoms with Crippen LogP contribution in [0.1, 0.15) is 17.2 Å². The van der Waals surface area contributed by atoms with Gasteiger partial charge in [0.15, 0.2) is 6.61 Å². The van der Waals surface area contributed by atoms with E-state index in [1.54, 1.807) is 0 Å². The Morgan fingerprint density at radius 1 is 0.971 bits per heavy atom. The Balaban J connectivity index is 1.34. The maximum absolute atomic E-state index is 13.1. The molecule has 1 N–H and O–H groups in total. The molecule has 0 radical (unpaired) electrons. The van der Waals surface area contributed by atoms with Gasteiger partial charge in [-0.05, 0) is 41.8 Å². The number of halogens is 1. The Morgan fingerprint density at radius 2 is 1.63 bits per heavy atom. The first-order valence-corrected chi connectivity index (χ1v) is 10.9. The summed E-state index contributed by atoms with van der Waals surface area (Å²) in [7, 11) is 0. The molecular formula is C26H22FN3O5. The summed E-state index contributed by atoms with van der Waals surface area (Å²) in [6, 6.07) is 24.1. The standard InChI is InChI=1S/C26H22FN3O5/c27-21-13-11-20(12-14-21)25-29-30(26(33)35-25)16-24(32)34-17-23(31)28-22(19-9-5-2-6-10-19)15-18-7-3-1-4-8-18/h1-14,22H,15-17H2,(H,28,31). The molecule has 0 saturated carbocycles. The van der Waals surface area contributed by atoms with Gasteiger partial charge >= 0.3 is 11.7 Å². The second-order valence-electron chi connectivity index (χ2n) is 7.72. The maximum Gasteiger partial charge on any atom is 0.437 e. The SMILES string of the molecule is O=C(COC(=O)Cn1nc(-c2ccc(F)cc2)oc1=O)NC(Cc1ccccc1)c1ccccc1. The normalized spacial score (nSPS) is 11.6. The van der Waals surface area contributed by atoms with Crippen molar-refractivity contribution in [2.24, 2.45) is 0 Å². The summed E-state index contributed by atoms with van der Waals surface area (Å²) < 4.78 is 23.9. The number of hydrogen-bond acceptors (Lipinski definition) is 6. The molecule has 0 fully saturated rings. The van der Waals surface area contributed by atoms with Crippen LogP contribution < -0.4 is 11.1 Å². The lowest BCUT2D eigenvalue weighted by molar-refractivity contribution is -0.149. The number of nitrogens with zero attached hydrogens (tertiary/aromatic N) is 2. The predicted octanol–water partition coefficient (Wildman–Crippen LogP) is 3.29. The number of carbonyl (C=O) groups excluding carboxylic acids is 2. The summed E-state index contributed by atoms with van der Waals surface area (Å²) in [6.45, 7) is -1.06. The van der Waals surface area contributed by atoms with E-state index in [9.17, 15) is 18.8 Å². The number of hydrogen-bond donors (Lipinski definition) is 1. The summed E-state index contributed by atoms with van der Waals surface area (Å²) in [5.74, 6) is -2.70. The van der Waals surface area contributed by atoms with Gasteiger partial charge in [-0.15, -0.1) is 5.10 Å². The van der Waals surface area contributed by atoms with Crippen LogP contribution in [0.25, 0.3) is 11.5 Å². The van der Waals surface area contributed by atoms with Crippen LogP contribution >= 0.6 is 0 Å². The van der Waals surface area contributed by atoms with Crippen molar-refractivity contribution in [3.05, 3.63) is 112 Å². The van der Waals surface area contributed by atoms with E-state index in [1.807, 2.05) is 60.7 Å². The molecule has 4 rings (SSSR count). The summed E-state index contributed by atoms with van der Waals surface area (Å²) in [5, 5.41) is 6.82. The zero-order valence-corrected chi connectivity index (χ0v) is 18.6. The van der Waals surface area contributed by atoms with Gasteiger partial charge in [-0.3, -0.25) is 9.59 Å². The molecule has 4 aromatic rings. The summed E-state index contributed by atoms with van der Waals surface area (Å²) in [5.41, 5.74) is 2.33. The third-order valence-corrected chi connectivity index (χ3v) is 5.16. The van der Waals surface area contributed by atoms with Crippen LogP contribution in [-0.2, 0) is 27.3 Å². The smallest absolute Gasteiger partial charge is 0.437 e. The van der Waals surface area contributed by atoms with E-state index in [4.69, 9.17) is 9.15 Å². The predicted molar refractivity (Wildman–Crippen MR) is 125 cm³/mol. The highest BCUT2D eigenvalue weighted by Crippen LogP contribution is 2.18. The first-order valence-electron chi connectivity index (χ1n) is 10.9. The van der Waals surface area contributed by atoms with Crippen LogP contribution in [0.2, 0.25) is 0 Å². The largest absolute Gasteiger partial charge is 0.454 e. The third kappa shape index (κ3) is 6.50. The molecule has 0 aliphatic heterocycles. The topological polar surface area (TPSA) is 103 Å². The molecule has 1 heterocycles. The van der Waals surface area contributed by atoms with Gasteiger partial charge in [0.2, 0.25) is 5.89 Å². The molecule has 1 atom stereocenters. The van der Waals surface area contributed by atoms with Crippen LogP contribution in [0.15, 0.2) is 94.1 Å². The fraction of sp³-hybridized carbons (Fsp3) is 0.154. The molecule has 0 aliphatic carbocycles.